The van der Waals surface area contributed by atoms with Crippen molar-refractivity contribution in [1.29, 1.82) is 0 Å². The molecule has 0 fully saturated rings. The van der Waals surface area contributed by atoms with Crippen molar-refractivity contribution in [3.63, 3.8) is 0 Å². The summed E-state index contributed by atoms with van der Waals surface area (Å²) in [7, 11) is 1.58. The maximum absolute atomic E-state index is 11.5. The van der Waals surface area contributed by atoms with Gasteiger partial charge in [0.15, 0.2) is 0 Å². The third-order valence-electron chi connectivity index (χ3n) is 2.53. The first-order valence-corrected chi connectivity index (χ1v) is 6.60. The predicted molar refractivity (Wildman–Crippen MR) is 73.3 cm³/mol. The Morgan fingerprint density at radius 3 is 2.45 bits per heavy atom. The molecule has 0 radical (unpaired) electrons. The zero-order valence-corrected chi connectivity index (χ0v) is 11.9. The van der Waals surface area contributed by atoms with Gasteiger partial charge in [-0.25, -0.2) is 0 Å². The Labute approximate surface area is 118 Å². The highest BCUT2D eigenvalue weighted by Gasteiger charge is 2.09. The van der Waals surface area contributed by atoms with Crippen LogP contribution in [0, 0.1) is 0 Å². The van der Waals surface area contributed by atoms with E-state index >= 15 is 0 Å². The lowest BCUT2D eigenvalue weighted by molar-refractivity contribution is -0.151. The van der Waals surface area contributed by atoms with E-state index in [-0.39, 0.29) is 25.4 Å². The molecule has 0 saturated heterocycles. The molecule has 110 valence electrons. The standard InChI is InChI=1S/C15H20O5/c1-3-9-19-14(16)7-8-15(17)20-11-12-5-4-6-13(10-12)18-2/h4-6,10H,3,7-9,11H2,1-2H3. The van der Waals surface area contributed by atoms with Gasteiger partial charge >= 0.3 is 11.9 Å². The molecule has 0 aliphatic carbocycles. The number of hydrogen-bond acceptors (Lipinski definition) is 5. The van der Waals surface area contributed by atoms with Crippen LogP contribution in [-0.4, -0.2) is 25.7 Å². The molecule has 0 saturated carbocycles. The molecule has 5 heteroatoms. The van der Waals surface area contributed by atoms with Gasteiger partial charge < -0.3 is 14.2 Å². The van der Waals surface area contributed by atoms with Crippen LogP contribution in [0.15, 0.2) is 24.3 Å². The zero-order valence-electron chi connectivity index (χ0n) is 11.9. The molecule has 0 atom stereocenters. The fraction of sp³-hybridized carbons (Fsp3) is 0.467. The van der Waals surface area contributed by atoms with Gasteiger partial charge in [0.05, 0.1) is 26.6 Å². The van der Waals surface area contributed by atoms with Crippen molar-refractivity contribution in [2.45, 2.75) is 32.8 Å². The van der Waals surface area contributed by atoms with Crippen LogP contribution in [0.2, 0.25) is 0 Å². The Bertz CT molecular complexity index is 442. The monoisotopic (exact) mass is 280 g/mol. The number of esters is 2. The van der Waals surface area contributed by atoms with E-state index in [4.69, 9.17) is 14.2 Å². The summed E-state index contributed by atoms with van der Waals surface area (Å²) in [5, 5.41) is 0. The summed E-state index contributed by atoms with van der Waals surface area (Å²) in [6, 6.07) is 7.27. The first kappa shape index (κ1) is 16.0. The normalized spacial score (nSPS) is 9.90. The Balaban J connectivity index is 2.27. The number of carbonyl (C=O) groups is 2. The highest BCUT2D eigenvalue weighted by atomic mass is 16.5. The minimum absolute atomic E-state index is 0.0342. The Hall–Kier alpha value is -2.04. The Morgan fingerprint density at radius 1 is 1.10 bits per heavy atom. The summed E-state index contributed by atoms with van der Waals surface area (Å²) in [6.45, 7) is 2.47. The fourth-order valence-corrected chi connectivity index (χ4v) is 1.49. The Kier molecular flexibility index (Phi) is 7.17. The zero-order chi connectivity index (χ0) is 14.8. The second kappa shape index (κ2) is 8.96. The lowest BCUT2D eigenvalue weighted by atomic mass is 10.2. The molecule has 0 unspecified atom stereocenters. The number of hydrogen-bond donors (Lipinski definition) is 0. The van der Waals surface area contributed by atoms with E-state index in [1.807, 2.05) is 25.1 Å². The van der Waals surface area contributed by atoms with E-state index in [1.54, 1.807) is 13.2 Å². The lowest BCUT2D eigenvalue weighted by Crippen LogP contribution is -2.10. The molecule has 0 spiro atoms. The van der Waals surface area contributed by atoms with Crippen LogP contribution in [0.1, 0.15) is 31.7 Å². The van der Waals surface area contributed by atoms with Crippen LogP contribution in [-0.2, 0) is 25.7 Å². The lowest BCUT2D eigenvalue weighted by Gasteiger charge is -2.06. The molecule has 0 N–H and O–H groups in total. The molecule has 0 bridgehead atoms. The van der Waals surface area contributed by atoms with Crippen LogP contribution in [0.25, 0.3) is 0 Å². The Morgan fingerprint density at radius 2 is 1.80 bits per heavy atom. The largest absolute Gasteiger partial charge is 0.497 e. The van der Waals surface area contributed by atoms with E-state index in [0.717, 1.165) is 12.0 Å². The molecular weight excluding hydrogens is 260 g/mol. The van der Waals surface area contributed by atoms with E-state index in [1.165, 1.54) is 0 Å². The maximum atomic E-state index is 11.5. The number of methoxy groups -OCH3 is 1. The minimum atomic E-state index is -0.415. The average molecular weight is 280 g/mol. The van der Waals surface area contributed by atoms with Crippen LogP contribution >= 0.6 is 0 Å². The molecule has 1 rings (SSSR count). The molecule has 0 aliphatic heterocycles. The van der Waals surface area contributed by atoms with Gasteiger partial charge in [0, 0.05) is 0 Å². The van der Waals surface area contributed by atoms with Gasteiger partial charge in [0.1, 0.15) is 12.4 Å². The third-order valence-corrected chi connectivity index (χ3v) is 2.53. The average Bonchev–Trinajstić information content (AvgIpc) is 2.49. The molecule has 0 aromatic heterocycles. The number of rotatable bonds is 8. The summed E-state index contributed by atoms with van der Waals surface area (Å²) < 4.78 is 15.0. The van der Waals surface area contributed by atoms with Crippen LogP contribution in [0.3, 0.4) is 0 Å². The first-order chi connectivity index (χ1) is 9.65. The van der Waals surface area contributed by atoms with E-state index in [2.05, 4.69) is 0 Å². The molecule has 0 heterocycles. The summed E-state index contributed by atoms with van der Waals surface area (Å²) in [6.07, 6.45) is 0.857. The van der Waals surface area contributed by atoms with E-state index in [0.29, 0.717) is 12.4 Å². The SMILES string of the molecule is CCCOC(=O)CCC(=O)OCc1cccc(OC)c1. The number of carbonyl (C=O) groups excluding carboxylic acids is 2. The second-order valence-corrected chi connectivity index (χ2v) is 4.23. The van der Waals surface area contributed by atoms with Crippen molar-refractivity contribution >= 4 is 11.9 Å². The summed E-state index contributed by atoms with van der Waals surface area (Å²) in [5.74, 6) is -0.0758. The van der Waals surface area contributed by atoms with Gasteiger partial charge in [-0.1, -0.05) is 19.1 Å². The molecular formula is C15H20O5. The molecule has 5 nitrogen and oxygen atoms in total. The van der Waals surface area contributed by atoms with Gasteiger partial charge in [-0.2, -0.15) is 0 Å². The minimum Gasteiger partial charge on any atom is -0.497 e. The van der Waals surface area contributed by atoms with E-state index < -0.39 is 5.97 Å². The quantitative estimate of drug-likeness (QED) is 0.684. The van der Waals surface area contributed by atoms with Crippen LogP contribution < -0.4 is 4.74 Å². The van der Waals surface area contributed by atoms with Gasteiger partial charge in [-0.15, -0.1) is 0 Å². The van der Waals surface area contributed by atoms with Crippen molar-refractivity contribution in [3.8, 4) is 5.75 Å². The van der Waals surface area contributed by atoms with E-state index in [9.17, 15) is 9.59 Å². The summed E-state index contributed by atoms with van der Waals surface area (Å²) >= 11 is 0. The number of ether oxygens (including phenoxy) is 3. The molecule has 1 aromatic carbocycles. The van der Waals surface area contributed by atoms with Crippen molar-refractivity contribution in [3.05, 3.63) is 29.8 Å². The molecule has 0 amide bonds. The highest BCUT2D eigenvalue weighted by molar-refractivity contribution is 5.77. The highest BCUT2D eigenvalue weighted by Crippen LogP contribution is 2.13. The van der Waals surface area contributed by atoms with Gasteiger partial charge in [0.2, 0.25) is 0 Å². The third kappa shape index (κ3) is 6.22. The fourth-order valence-electron chi connectivity index (χ4n) is 1.49. The smallest absolute Gasteiger partial charge is 0.306 e. The maximum Gasteiger partial charge on any atom is 0.306 e. The first-order valence-electron chi connectivity index (χ1n) is 6.60. The van der Waals surface area contributed by atoms with Gasteiger partial charge in [-0.05, 0) is 24.1 Å². The molecule has 20 heavy (non-hydrogen) atoms. The van der Waals surface area contributed by atoms with Crippen LogP contribution in [0.4, 0.5) is 0 Å². The molecule has 0 aliphatic rings. The van der Waals surface area contributed by atoms with Gasteiger partial charge in [-0.3, -0.25) is 9.59 Å². The van der Waals surface area contributed by atoms with Crippen molar-refractivity contribution in [1.82, 2.24) is 0 Å². The topological polar surface area (TPSA) is 61.8 Å². The summed E-state index contributed by atoms with van der Waals surface area (Å²) in [4.78, 5) is 22.7. The van der Waals surface area contributed by atoms with Crippen molar-refractivity contribution in [2.75, 3.05) is 13.7 Å². The van der Waals surface area contributed by atoms with Gasteiger partial charge in [0.25, 0.3) is 0 Å². The number of benzene rings is 1. The van der Waals surface area contributed by atoms with Crippen molar-refractivity contribution in [2.24, 2.45) is 0 Å². The van der Waals surface area contributed by atoms with Crippen molar-refractivity contribution < 1.29 is 23.8 Å². The van der Waals surface area contributed by atoms with Crippen LogP contribution in [0.5, 0.6) is 5.75 Å². The predicted octanol–water partition coefficient (Wildman–Crippen LogP) is 2.47. The summed E-state index contributed by atoms with van der Waals surface area (Å²) in [5.41, 5.74) is 0.839. The molecule has 1 aromatic rings. The second-order valence-electron chi connectivity index (χ2n) is 4.23.